The summed E-state index contributed by atoms with van der Waals surface area (Å²) < 4.78 is 18.8. The van der Waals surface area contributed by atoms with Crippen LogP contribution in [0.25, 0.3) is 0 Å². The molecule has 1 atom stereocenters. The zero-order valence-electron chi connectivity index (χ0n) is 11.3. The summed E-state index contributed by atoms with van der Waals surface area (Å²) in [6.07, 6.45) is 0.567. The Bertz CT molecular complexity index is 588. The Balaban J connectivity index is 1.92. The molecule has 0 saturated carbocycles. The third-order valence-electron chi connectivity index (χ3n) is 3.04. The number of halogens is 2. The fourth-order valence-corrected chi connectivity index (χ4v) is 2.22. The van der Waals surface area contributed by atoms with Gasteiger partial charge in [0, 0.05) is 17.5 Å². The van der Waals surface area contributed by atoms with Crippen LogP contribution >= 0.6 is 11.6 Å². The van der Waals surface area contributed by atoms with Crippen molar-refractivity contribution >= 4 is 11.6 Å². The van der Waals surface area contributed by atoms with Crippen molar-refractivity contribution in [1.82, 2.24) is 0 Å². The van der Waals surface area contributed by atoms with Gasteiger partial charge in [0.1, 0.15) is 11.6 Å². The topological polar surface area (TPSA) is 35.2 Å². The van der Waals surface area contributed by atoms with Crippen LogP contribution < -0.4 is 10.5 Å². The van der Waals surface area contributed by atoms with Gasteiger partial charge in [-0.2, -0.15) is 0 Å². The van der Waals surface area contributed by atoms with E-state index >= 15 is 0 Å². The highest BCUT2D eigenvalue weighted by Gasteiger charge is 2.11. The molecule has 20 heavy (non-hydrogen) atoms. The zero-order valence-corrected chi connectivity index (χ0v) is 12.0. The van der Waals surface area contributed by atoms with Gasteiger partial charge in [-0.3, -0.25) is 0 Å². The lowest BCUT2D eigenvalue weighted by Crippen LogP contribution is -2.15. The van der Waals surface area contributed by atoms with Crippen molar-refractivity contribution in [1.29, 1.82) is 0 Å². The number of hydrogen-bond donors (Lipinski definition) is 1. The number of aryl methyl sites for hydroxylation is 1. The van der Waals surface area contributed by atoms with E-state index < -0.39 is 0 Å². The van der Waals surface area contributed by atoms with E-state index in [1.54, 1.807) is 0 Å². The van der Waals surface area contributed by atoms with Crippen molar-refractivity contribution < 1.29 is 9.13 Å². The van der Waals surface area contributed by atoms with Gasteiger partial charge in [-0.25, -0.2) is 4.39 Å². The van der Waals surface area contributed by atoms with E-state index in [-0.39, 0.29) is 11.9 Å². The van der Waals surface area contributed by atoms with E-state index in [0.29, 0.717) is 23.6 Å². The standard InChI is InChI=1S/C16H17ClFNO/c1-11-3-2-4-13(9-11)20-8-7-16(19)14-10-12(18)5-6-15(14)17/h2-6,9-10,16H,7-8,19H2,1H3. The Morgan fingerprint density at radius 3 is 2.80 bits per heavy atom. The van der Waals surface area contributed by atoms with Crippen LogP contribution in [0.5, 0.6) is 5.75 Å². The Morgan fingerprint density at radius 2 is 2.05 bits per heavy atom. The largest absolute Gasteiger partial charge is 0.494 e. The van der Waals surface area contributed by atoms with Gasteiger partial charge >= 0.3 is 0 Å². The third kappa shape index (κ3) is 3.95. The van der Waals surface area contributed by atoms with Crippen LogP contribution in [-0.4, -0.2) is 6.61 Å². The Morgan fingerprint density at radius 1 is 1.25 bits per heavy atom. The number of nitrogens with two attached hydrogens (primary N) is 1. The SMILES string of the molecule is Cc1cccc(OCCC(N)c2cc(F)ccc2Cl)c1. The third-order valence-corrected chi connectivity index (χ3v) is 3.39. The minimum atomic E-state index is -0.344. The normalized spacial score (nSPS) is 12.2. The quantitative estimate of drug-likeness (QED) is 0.894. The fraction of sp³-hybridized carbons (Fsp3) is 0.250. The van der Waals surface area contributed by atoms with Crippen molar-refractivity contribution in [2.45, 2.75) is 19.4 Å². The van der Waals surface area contributed by atoms with E-state index in [1.165, 1.54) is 18.2 Å². The number of benzene rings is 2. The van der Waals surface area contributed by atoms with Crippen molar-refractivity contribution in [2.75, 3.05) is 6.61 Å². The smallest absolute Gasteiger partial charge is 0.123 e. The van der Waals surface area contributed by atoms with Gasteiger partial charge < -0.3 is 10.5 Å². The monoisotopic (exact) mass is 293 g/mol. The minimum absolute atomic E-state index is 0.334. The number of rotatable bonds is 5. The Labute approximate surface area is 123 Å². The van der Waals surface area contributed by atoms with Crippen molar-refractivity contribution in [2.24, 2.45) is 5.73 Å². The second-order valence-electron chi connectivity index (χ2n) is 4.73. The van der Waals surface area contributed by atoms with Gasteiger partial charge in [-0.1, -0.05) is 23.7 Å². The summed E-state index contributed by atoms with van der Waals surface area (Å²) in [4.78, 5) is 0. The summed E-state index contributed by atoms with van der Waals surface area (Å²) in [6.45, 7) is 2.46. The summed E-state index contributed by atoms with van der Waals surface area (Å²) in [5.74, 6) is 0.474. The van der Waals surface area contributed by atoms with E-state index in [4.69, 9.17) is 22.1 Å². The molecule has 2 aromatic rings. The van der Waals surface area contributed by atoms with Crippen LogP contribution in [0.3, 0.4) is 0 Å². The van der Waals surface area contributed by atoms with Crippen LogP contribution in [0.2, 0.25) is 5.02 Å². The Kier molecular flexibility index (Phi) is 4.99. The molecule has 0 fully saturated rings. The lowest BCUT2D eigenvalue weighted by atomic mass is 10.1. The predicted molar refractivity (Wildman–Crippen MR) is 79.6 cm³/mol. The second kappa shape index (κ2) is 6.73. The molecule has 0 saturated heterocycles. The average molecular weight is 294 g/mol. The lowest BCUT2D eigenvalue weighted by Gasteiger charge is -2.14. The van der Waals surface area contributed by atoms with Crippen LogP contribution in [0.1, 0.15) is 23.6 Å². The van der Waals surface area contributed by atoms with Gasteiger partial charge in [0.2, 0.25) is 0 Å². The molecule has 2 N–H and O–H groups in total. The molecule has 1 unspecified atom stereocenters. The highest BCUT2D eigenvalue weighted by molar-refractivity contribution is 6.31. The van der Waals surface area contributed by atoms with Crippen molar-refractivity contribution in [3.8, 4) is 5.75 Å². The molecule has 0 aliphatic heterocycles. The maximum atomic E-state index is 13.2. The molecule has 2 rings (SSSR count). The first-order chi connectivity index (χ1) is 9.56. The van der Waals surface area contributed by atoms with Crippen LogP contribution in [0.4, 0.5) is 4.39 Å². The average Bonchev–Trinajstić information content (AvgIpc) is 2.41. The molecule has 0 heterocycles. The first kappa shape index (κ1) is 14.8. The lowest BCUT2D eigenvalue weighted by molar-refractivity contribution is 0.298. The van der Waals surface area contributed by atoms with Gasteiger partial charge in [0.05, 0.1) is 6.61 Å². The van der Waals surface area contributed by atoms with Crippen molar-refractivity contribution in [3.05, 3.63) is 64.4 Å². The van der Waals surface area contributed by atoms with Crippen LogP contribution in [0.15, 0.2) is 42.5 Å². The zero-order chi connectivity index (χ0) is 14.5. The summed E-state index contributed by atoms with van der Waals surface area (Å²) in [6, 6.07) is 11.7. The second-order valence-corrected chi connectivity index (χ2v) is 5.13. The summed E-state index contributed by atoms with van der Waals surface area (Å²) in [7, 11) is 0. The van der Waals surface area contributed by atoms with Crippen LogP contribution in [0, 0.1) is 12.7 Å². The minimum Gasteiger partial charge on any atom is -0.494 e. The maximum absolute atomic E-state index is 13.2. The van der Waals surface area contributed by atoms with Gasteiger partial charge in [0.15, 0.2) is 0 Å². The number of ether oxygens (including phenoxy) is 1. The maximum Gasteiger partial charge on any atom is 0.123 e. The molecule has 0 bridgehead atoms. The van der Waals surface area contributed by atoms with Gasteiger partial charge in [0.25, 0.3) is 0 Å². The molecule has 0 radical (unpaired) electrons. The van der Waals surface area contributed by atoms with E-state index in [1.807, 2.05) is 31.2 Å². The molecular weight excluding hydrogens is 277 g/mol. The van der Waals surface area contributed by atoms with Gasteiger partial charge in [-0.05, 0) is 48.4 Å². The Hall–Kier alpha value is -1.58. The highest BCUT2D eigenvalue weighted by atomic mass is 35.5. The van der Waals surface area contributed by atoms with Crippen molar-refractivity contribution in [3.63, 3.8) is 0 Å². The highest BCUT2D eigenvalue weighted by Crippen LogP contribution is 2.24. The molecule has 2 aromatic carbocycles. The first-order valence-electron chi connectivity index (χ1n) is 6.46. The van der Waals surface area contributed by atoms with E-state index in [9.17, 15) is 4.39 Å². The van der Waals surface area contributed by atoms with E-state index in [2.05, 4.69) is 0 Å². The summed E-state index contributed by atoms with van der Waals surface area (Å²) in [5.41, 5.74) is 7.78. The molecule has 0 spiro atoms. The predicted octanol–water partition coefficient (Wildman–Crippen LogP) is 4.26. The van der Waals surface area contributed by atoms with E-state index in [0.717, 1.165) is 11.3 Å². The first-order valence-corrected chi connectivity index (χ1v) is 6.84. The van der Waals surface area contributed by atoms with Gasteiger partial charge in [-0.15, -0.1) is 0 Å². The molecule has 0 aliphatic rings. The summed E-state index contributed by atoms with van der Waals surface area (Å²) in [5, 5.41) is 0.481. The molecule has 2 nitrogen and oxygen atoms in total. The summed E-state index contributed by atoms with van der Waals surface area (Å²) >= 11 is 6.02. The number of hydrogen-bond acceptors (Lipinski definition) is 2. The molecule has 0 aliphatic carbocycles. The molecular formula is C16H17ClFNO. The van der Waals surface area contributed by atoms with Crippen LogP contribution in [-0.2, 0) is 0 Å². The fourth-order valence-electron chi connectivity index (χ4n) is 1.96. The molecule has 106 valence electrons. The molecule has 0 amide bonds. The molecule has 4 heteroatoms. The molecule has 0 aromatic heterocycles.